The molecular formula is C13H23BrClN3. The van der Waals surface area contributed by atoms with E-state index in [1.807, 2.05) is 0 Å². The Hall–Kier alpha value is -0.0600. The number of aryl methyl sites for hydroxylation is 2. The highest BCUT2D eigenvalue weighted by Crippen LogP contribution is 2.24. The molecule has 0 N–H and O–H groups in total. The molecule has 0 fully saturated rings. The molecule has 1 rings (SSSR count). The third kappa shape index (κ3) is 3.72. The summed E-state index contributed by atoms with van der Waals surface area (Å²) in [5, 5.41) is 4.63. The van der Waals surface area contributed by atoms with Crippen molar-refractivity contribution >= 4 is 27.5 Å². The summed E-state index contributed by atoms with van der Waals surface area (Å²) < 4.78 is 3.25. The Balaban J connectivity index is 2.96. The van der Waals surface area contributed by atoms with Gasteiger partial charge in [-0.25, -0.2) is 0 Å². The summed E-state index contributed by atoms with van der Waals surface area (Å²) in [6.45, 7) is 11.4. The van der Waals surface area contributed by atoms with E-state index in [9.17, 15) is 0 Å². The van der Waals surface area contributed by atoms with E-state index in [0.29, 0.717) is 11.9 Å². The minimum absolute atomic E-state index is 0.487. The van der Waals surface area contributed by atoms with Crippen molar-refractivity contribution in [3.63, 3.8) is 0 Å². The number of halogens is 2. The van der Waals surface area contributed by atoms with Gasteiger partial charge in [-0.1, -0.05) is 6.92 Å². The van der Waals surface area contributed by atoms with Gasteiger partial charge in [0.2, 0.25) is 0 Å². The van der Waals surface area contributed by atoms with Crippen LogP contribution < -0.4 is 0 Å². The highest BCUT2D eigenvalue weighted by molar-refractivity contribution is 9.10. The number of hydrogen-bond donors (Lipinski definition) is 0. The molecule has 0 bridgehead atoms. The van der Waals surface area contributed by atoms with Crippen LogP contribution in [0, 0.1) is 0 Å². The summed E-state index contributed by atoms with van der Waals surface area (Å²) in [5.41, 5.74) is 2.40. The fourth-order valence-corrected chi connectivity index (χ4v) is 2.90. The second-order valence-corrected chi connectivity index (χ2v) is 5.80. The van der Waals surface area contributed by atoms with Crippen LogP contribution in [0.4, 0.5) is 0 Å². The second kappa shape index (κ2) is 7.51. The normalized spacial score (nSPS) is 11.8. The zero-order chi connectivity index (χ0) is 13.7. The van der Waals surface area contributed by atoms with Crippen LogP contribution >= 0.6 is 27.5 Å². The van der Waals surface area contributed by atoms with Crippen molar-refractivity contribution < 1.29 is 0 Å². The van der Waals surface area contributed by atoms with Gasteiger partial charge < -0.3 is 0 Å². The van der Waals surface area contributed by atoms with Crippen LogP contribution in [-0.4, -0.2) is 33.1 Å². The van der Waals surface area contributed by atoms with Crippen molar-refractivity contribution in [2.24, 2.45) is 0 Å². The van der Waals surface area contributed by atoms with Gasteiger partial charge >= 0.3 is 0 Å². The molecule has 0 atom stereocenters. The Morgan fingerprint density at radius 3 is 2.50 bits per heavy atom. The van der Waals surface area contributed by atoms with Crippen molar-refractivity contribution in [2.45, 2.75) is 53.2 Å². The van der Waals surface area contributed by atoms with Crippen molar-refractivity contribution in [1.29, 1.82) is 0 Å². The molecule has 0 aromatic carbocycles. The van der Waals surface area contributed by atoms with Crippen molar-refractivity contribution in [1.82, 2.24) is 14.7 Å². The Kier molecular flexibility index (Phi) is 6.67. The van der Waals surface area contributed by atoms with Crippen LogP contribution in [0.2, 0.25) is 0 Å². The molecule has 0 spiro atoms. The highest BCUT2D eigenvalue weighted by Gasteiger charge is 2.18. The van der Waals surface area contributed by atoms with Crippen molar-refractivity contribution in [3.05, 3.63) is 15.9 Å². The minimum Gasteiger partial charge on any atom is -0.294 e. The van der Waals surface area contributed by atoms with E-state index < -0.39 is 0 Å². The lowest BCUT2D eigenvalue weighted by Gasteiger charge is -2.25. The maximum Gasteiger partial charge on any atom is 0.0767 e. The number of nitrogens with zero attached hydrogens (tertiary/aromatic N) is 3. The molecule has 5 heteroatoms. The quantitative estimate of drug-likeness (QED) is 0.708. The molecule has 0 amide bonds. The van der Waals surface area contributed by atoms with Gasteiger partial charge in [0.15, 0.2) is 0 Å². The molecule has 0 saturated carbocycles. The highest BCUT2D eigenvalue weighted by atomic mass is 79.9. The Morgan fingerprint density at radius 1 is 1.39 bits per heavy atom. The molecule has 3 nitrogen and oxygen atoms in total. The summed E-state index contributed by atoms with van der Waals surface area (Å²) in [6.07, 6.45) is 0.956. The summed E-state index contributed by atoms with van der Waals surface area (Å²) in [7, 11) is 0. The zero-order valence-electron chi connectivity index (χ0n) is 11.7. The van der Waals surface area contributed by atoms with E-state index in [0.717, 1.165) is 36.2 Å². The maximum absolute atomic E-state index is 5.88. The average Bonchev–Trinajstić information content (AvgIpc) is 2.65. The standard InChI is InChI=1S/C13H23BrClN3/c1-5-11-13(14)12(18(6-2)16-11)9-17(8-7-15)10(3)4/h10H,5-9H2,1-4H3. The van der Waals surface area contributed by atoms with Crippen LogP contribution in [-0.2, 0) is 19.5 Å². The average molecular weight is 337 g/mol. The molecule has 0 radical (unpaired) electrons. The zero-order valence-corrected chi connectivity index (χ0v) is 14.1. The third-order valence-electron chi connectivity index (χ3n) is 3.15. The van der Waals surface area contributed by atoms with Gasteiger partial charge in [-0.05, 0) is 43.1 Å². The molecule has 1 heterocycles. The molecule has 1 aromatic rings. The van der Waals surface area contributed by atoms with E-state index in [1.54, 1.807) is 0 Å². The molecule has 18 heavy (non-hydrogen) atoms. The maximum atomic E-state index is 5.88. The number of rotatable bonds is 7. The van der Waals surface area contributed by atoms with Crippen molar-refractivity contribution in [3.8, 4) is 0 Å². The Labute approximate surface area is 124 Å². The van der Waals surface area contributed by atoms with Gasteiger partial charge in [0.25, 0.3) is 0 Å². The topological polar surface area (TPSA) is 21.1 Å². The first-order chi connectivity index (χ1) is 8.54. The number of aromatic nitrogens is 2. The largest absolute Gasteiger partial charge is 0.294 e. The number of alkyl halides is 1. The second-order valence-electron chi connectivity index (χ2n) is 4.63. The predicted octanol–water partition coefficient (Wildman–Crippen LogP) is 3.68. The summed E-state index contributed by atoms with van der Waals surface area (Å²) in [5.74, 6) is 0.663. The smallest absolute Gasteiger partial charge is 0.0767 e. The SMILES string of the molecule is CCc1nn(CC)c(CN(CCCl)C(C)C)c1Br. The first-order valence-electron chi connectivity index (χ1n) is 6.59. The first-order valence-corrected chi connectivity index (χ1v) is 7.91. The van der Waals surface area contributed by atoms with E-state index in [2.05, 4.69) is 58.3 Å². The minimum atomic E-state index is 0.487. The van der Waals surface area contributed by atoms with Crippen molar-refractivity contribution in [2.75, 3.05) is 12.4 Å². The van der Waals surface area contributed by atoms with Gasteiger partial charge in [0.05, 0.1) is 15.9 Å². The Bertz CT molecular complexity index is 377. The van der Waals surface area contributed by atoms with E-state index in [4.69, 9.17) is 11.6 Å². The van der Waals surface area contributed by atoms with Gasteiger partial charge in [0.1, 0.15) is 0 Å². The van der Waals surface area contributed by atoms with Gasteiger partial charge in [-0.2, -0.15) is 5.10 Å². The van der Waals surface area contributed by atoms with Gasteiger partial charge in [-0.15, -0.1) is 11.6 Å². The van der Waals surface area contributed by atoms with E-state index >= 15 is 0 Å². The third-order valence-corrected chi connectivity index (χ3v) is 4.23. The first kappa shape index (κ1) is 16.0. The van der Waals surface area contributed by atoms with Gasteiger partial charge in [-0.3, -0.25) is 9.58 Å². The lowest BCUT2D eigenvalue weighted by Crippen LogP contribution is -2.33. The molecule has 1 aromatic heterocycles. The Morgan fingerprint density at radius 2 is 2.06 bits per heavy atom. The fraction of sp³-hybridized carbons (Fsp3) is 0.769. The molecule has 0 saturated heterocycles. The molecule has 0 aliphatic rings. The fourth-order valence-electron chi connectivity index (χ4n) is 1.99. The van der Waals surface area contributed by atoms with Crippen LogP contribution in [0.5, 0.6) is 0 Å². The van der Waals surface area contributed by atoms with Crippen LogP contribution in [0.25, 0.3) is 0 Å². The van der Waals surface area contributed by atoms with E-state index in [-0.39, 0.29) is 0 Å². The predicted molar refractivity (Wildman–Crippen MR) is 81.2 cm³/mol. The monoisotopic (exact) mass is 335 g/mol. The van der Waals surface area contributed by atoms with Gasteiger partial charge in [0, 0.05) is 31.6 Å². The molecule has 0 unspecified atom stereocenters. The summed E-state index contributed by atoms with van der Waals surface area (Å²) >= 11 is 9.57. The molecular weight excluding hydrogens is 314 g/mol. The number of hydrogen-bond acceptors (Lipinski definition) is 2. The molecule has 0 aliphatic carbocycles. The van der Waals surface area contributed by atoms with E-state index in [1.165, 1.54) is 5.69 Å². The molecule has 104 valence electrons. The summed E-state index contributed by atoms with van der Waals surface area (Å²) in [6, 6.07) is 0.487. The lowest BCUT2D eigenvalue weighted by atomic mass is 10.2. The van der Waals surface area contributed by atoms with Crippen LogP contribution in [0.15, 0.2) is 4.47 Å². The summed E-state index contributed by atoms with van der Waals surface area (Å²) in [4.78, 5) is 2.38. The van der Waals surface area contributed by atoms with Crippen LogP contribution in [0.3, 0.4) is 0 Å². The van der Waals surface area contributed by atoms with Crippen LogP contribution in [0.1, 0.15) is 39.1 Å². The lowest BCUT2D eigenvalue weighted by molar-refractivity contribution is 0.219. The molecule has 0 aliphatic heterocycles.